The molecule has 160 valence electrons. The Labute approximate surface area is 184 Å². The second-order valence-electron chi connectivity index (χ2n) is 7.20. The number of aromatic nitrogens is 1. The Morgan fingerprint density at radius 2 is 2.13 bits per heavy atom. The van der Waals surface area contributed by atoms with Crippen molar-refractivity contribution >= 4 is 29.1 Å². The second kappa shape index (κ2) is 9.18. The molecule has 0 saturated heterocycles. The summed E-state index contributed by atoms with van der Waals surface area (Å²) in [5, 5.41) is 9.62. The van der Waals surface area contributed by atoms with Crippen LogP contribution >= 0.6 is 11.3 Å². The van der Waals surface area contributed by atoms with Crippen LogP contribution in [0.2, 0.25) is 0 Å². The number of nitrogens with one attached hydrogen (secondary N) is 1. The Kier molecular flexibility index (Phi) is 6.18. The lowest BCUT2D eigenvalue weighted by Crippen LogP contribution is -2.25. The number of hydrogen-bond acceptors (Lipinski definition) is 6. The Morgan fingerprint density at radius 1 is 1.29 bits per heavy atom. The van der Waals surface area contributed by atoms with Gasteiger partial charge in [0.05, 0.1) is 24.2 Å². The minimum absolute atomic E-state index is 0.0335. The van der Waals surface area contributed by atoms with Gasteiger partial charge in [0.15, 0.2) is 6.61 Å². The maximum Gasteiger partial charge on any atom is 0.262 e. The summed E-state index contributed by atoms with van der Waals surface area (Å²) in [4.78, 5) is 17.2. The predicted molar refractivity (Wildman–Crippen MR) is 123 cm³/mol. The first-order valence-electron chi connectivity index (χ1n) is 10.1. The highest BCUT2D eigenvalue weighted by atomic mass is 32.1. The third-order valence-corrected chi connectivity index (χ3v) is 5.32. The van der Waals surface area contributed by atoms with Gasteiger partial charge in [-0.2, -0.15) is 5.10 Å². The van der Waals surface area contributed by atoms with Crippen molar-refractivity contribution in [2.45, 2.75) is 26.8 Å². The van der Waals surface area contributed by atoms with Gasteiger partial charge in [-0.05, 0) is 51.1 Å². The largest absolute Gasteiger partial charge is 0.493 e. The maximum atomic E-state index is 11.7. The molecule has 1 aliphatic heterocycles. The van der Waals surface area contributed by atoms with Crippen molar-refractivity contribution in [2.75, 3.05) is 18.5 Å². The fourth-order valence-corrected chi connectivity index (χ4v) is 4.13. The fourth-order valence-electron chi connectivity index (χ4n) is 3.16. The number of benzene rings is 2. The molecule has 7 nitrogen and oxygen atoms in total. The van der Waals surface area contributed by atoms with Crippen LogP contribution in [0.1, 0.15) is 26.3 Å². The molecule has 31 heavy (non-hydrogen) atoms. The van der Waals surface area contributed by atoms with Crippen molar-refractivity contribution < 1.29 is 14.3 Å². The smallest absolute Gasteiger partial charge is 0.262 e. The number of nitrogens with zero attached hydrogens (tertiary/aromatic N) is 3. The SMILES string of the molecule is CCOc1ccccc1C=Nn1c(-c2ccc3c(c2)NC(=O)CO3)csc1=NC(C)C. The van der Waals surface area contributed by atoms with Crippen LogP contribution in [0.4, 0.5) is 5.69 Å². The van der Waals surface area contributed by atoms with Gasteiger partial charge >= 0.3 is 0 Å². The quantitative estimate of drug-likeness (QED) is 0.590. The lowest BCUT2D eigenvalue weighted by atomic mass is 10.1. The van der Waals surface area contributed by atoms with E-state index in [0.29, 0.717) is 18.0 Å². The normalized spacial score (nSPS) is 13.9. The molecule has 2 aromatic carbocycles. The molecule has 1 aliphatic rings. The van der Waals surface area contributed by atoms with E-state index in [0.717, 1.165) is 27.4 Å². The van der Waals surface area contributed by atoms with Crippen molar-refractivity contribution in [3.63, 3.8) is 0 Å². The molecule has 1 amide bonds. The van der Waals surface area contributed by atoms with E-state index in [-0.39, 0.29) is 18.6 Å². The van der Waals surface area contributed by atoms with Gasteiger partial charge < -0.3 is 14.8 Å². The molecule has 1 N–H and O–H groups in total. The molecule has 8 heteroatoms. The van der Waals surface area contributed by atoms with Crippen LogP contribution in [-0.4, -0.2) is 36.1 Å². The highest BCUT2D eigenvalue weighted by molar-refractivity contribution is 7.07. The maximum absolute atomic E-state index is 11.7. The number of anilines is 1. The van der Waals surface area contributed by atoms with Gasteiger partial charge in [-0.15, -0.1) is 11.3 Å². The zero-order valence-electron chi connectivity index (χ0n) is 17.7. The molecule has 2 heterocycles. The third-order valence-electron chi connectivity index (χ3n) is 4.49. The van der Waals surface area contributed by atoms with Crippen LogP contribution in [-0.2, 0) is 4.79 Å². The Hall–Kier alpha value is -3.39. The number of para-hydroxylation sites is 1. The Morgan fingerprint density at radius 3 is 2.94 bits per heavy atom. The molecule has 3 aromatic rings. The van der Waals surface area contributed by atoms with Crippen molar-refractivity contribution in [3.05, 3.63) is 58.2 Å². The van der Waals surface area contributed by atoms with E-state index in [1.807, 2.05) is 73.3 Å². The molecule has 0 aliphatic carbocycles. The van der Waals surface area contributed by atoms with Gasteiger partial charge in [0.1, 0.15) is 11.5 Å². The average Bonchev–Trinajstić information content (AvgIpc) is 3.14. The van der Waals surface area contributed by atoms with E-state index in [9.17, 15) is 4.79 Å². The van der Waals surface area contributed by atoms with Gasteiger partial charge in [-0.3, -0.25) is 9.79 Å². The van der Waals surface area contributed by atoms with Gasteiger partial charge in [0.25, 0.3) is 5.91 Å². The number of ether oxygens (including phenoxy) is 2. The zero-order valence-corrected chi connectivity index (χ0v) is 18.5. The molecule has 0 bridgehead atoms. The van der Waals surface area contributed by atoms with Crippen molar-refractivity contribution in [1.29, 1.82) is 0 Å². The first-order chi connectivity index (χ1) is 15.0. The summed E-state index contributed by atoms with van der Waals surface area (Å²) in [6.45, 7) is 6.63. The van der Waals surface area contributed by atoms with Crippen LogP contribution < -0.4 is 19.6 Å². The van der Waals surface area contributed by atoms with E-state index < -0.39 is 0 Å². The average molecular weight is 437 g/mol. The predicted octanol–water partition coefficient (Wildman–Crippen LogP) is 4.14. The van der Waals surface area contributed by atoms with Crippen LogP contribution in [0.5, 0.6) is 11.5 Å². The van der Waals surface area contributed by atoms with Gasteiger partial charge in [0.2, 0.25) is 4.80 Å². The number of carbonyl (C=O) groups is 1. The Bertz CT molecular complexity index is 1190. The number of fused-ring (bicyclic) bond motifs is 1. The molecular formula is C23H24N4O3S. The topological polar surface area (TPSA) is 77.2 Å². The summed E-state index contributed by atoms with van der Waals surface area (Å²) in [6, 6.07) is 13.6. The minimum Gasteiger partial charge on any atom is -0.493 e. The van der Waals surface area contributed by atoms with Gasteiger partial charge in [-0.25, -0.2) is 4.68 Å². The highest BCUT2D eigenvalue weighted by Gasteiger charge is 2.18. The fraction of sp³-hybridized carbons (Fsp3) is 0.261. The number of carbonyl (C=O) groups excluding carboxylic acids is 1. The summed E-state index contributed by atoms with van der Waals surface area (Å²) in [6.07, 6.45) is 1.78. The van der Waals surface area contributed by atoms with E-state index >= 15 is 0 Å². The van der Waals surface area contributed by atoms with Crippen LogP contribution in [0.15, 0.2) is 57.9 Å². The standard InChI is InChI=1S/C23H24N4O3S/c1-4-29-20-8-6-5-7-17(20)12-24-27-19(14-31-23(27)25-15(2)3)16-9-10-21-18(11-16)26-22(28)13-30-21/h5-12,14-15H,4,13H2,1-3H3,(H,26,28). The number of rotatable bonds is 6. The lowest BCUT2D eigenvalue weighted by molar-refractivity contribution is -0.118. The van der Waals surface area contributed by atoms with E-state index in [2.05, 4.69) is 5.32 Å². The molecule has 0 atom stereocenters. The molecule has 0 fully saturated rings. The number of hydrogen-bond donors (Lipinski definition) is 1. The molecule has 0 spiro atoms. The summed E-state index contributed by atoms with van der Waals surface area (Å²) in [5.74, 6) is 1.28. The van der Waals surface area contributed by atoms with E-state index in [4.69, 9.17) is 19.6 Å². The Balaban J connectivity index is 1.79. The number of thiazole rings is 1. The molecule has 0 saturated carbocycles. The van der Waals surface area contributed by atoms with Gasteiger partial charge in [-0.1, -0.05) is 12.1 Å². The highest BCUT2D eigenvalue weighted by Crippen LogP contribution is 2.33. The molecule has 0 radical (unpaired) electrons. The minimum atomic E-state index is -0.163. The molecule has 0 unspecified atom stereocenters. The van der Waals surface area contributed by atoms with Crippen LogP contribution in [0.3, 0.4) is 0 Å². The van der Waals surface area contributed by atoms with Crippen LogP contribution in [0.25, 0.3) is 11.3 Å². The summed E-state index contributed by atoms with van der Waals surface area (Å²) in [7, 11) is 0. The zero-order chi connectivity index (χ0) is 21.8. The van der Waals surface area contributed by atoms with E-state index in [1.54, 1.807) is 6.21 Å². The summed E-state index contributed by atoms with van der Waals surface area (Å²) >= 11 is 1.52. The van der Waals surface area contributed by atoms with Crippen molar-refractivity contribution in [2.24, 2.45) is 10.1 Å². The lowest BCUT2D eigenvalue weighted by Gasteiger charge is -2.18. The summed E-state index contributed by atoms with van der Waals surface area (Å²) < 4.78 is 13.0. The monoisotopic (exact) mass is 436 g/mol. The van der Waals surface area contributed by atoms with E-state index in [1.165, 1.54) is 11.3 Å². The van der Waals surface area contributed by atoms with Gasteiger partial charge in [0, 0.05) is 22.5 Å². The third kappa shape index (κ3) is 4.69. The van der Waals surface area contributed by atoms with Crippen LogP contribution in [0, 0.1) is 0 Å². The summed E-state index contributed by atoms with van der Waals surface area (Å²) in [5.41, 5.74) is 3.31. The van der Waals surface area contributed by atoms with Crippen molar-refractivity contribution in [1.82, 2.24) is 4.68 Å². The number of amides is 1. The first-order valence-corrected chi connectivity index (χ1v) is 11.0. The molecule has 4 rings (SSSR count). The first kappa shape index (κ1) is 20.9. The van der Waals surface area contributed by atoms with Crippen molar-refractivity contribution in [3.8, 4) is 22.8 Å². The molecular weight excluding hydrogens is 412 g/mol. The molecule has 1 aromatic heterocycles. The second-order valence-corrected chi connectivity index (χ2v) is 8.04.